The number of amides is 1. The minimum atomic E-state index is -0.268. The molecule has 0 bridgehead atoms. The van der Waals surface area contributed by atoms with Crippen LogP contribution in [0, 0.1) is 0 Å². The highest BCUT2D eigenvalue weighted by Gasteiger charge is 2.13. The molecule has 3 aromatic rings. The molecule has 0 saturated carbocycles. The number of rotatable bonds is 6. The van der Waals surface area contributed by atoms with Gasteiger partial charge < -0.3 is 4.74 Å². The van der Waals surface area contributed by atoms with Crippen molar-refractivity contribution in [3.8, 4) is 5.75 Å². The second kappa shape index (κ2) is 9.15. The molecule has 0 radical (unpaired) electrons. The van der Waals surface area contributed by atoms with Gasteiger partial charge in [0.2, 0.25) is 0 Å². The fraction of sp³-hybridized carbons (Fsp3) is 0.208. The molecule has 0 aliphatic rings. The SMILES string of the molecule is CC(C)(C)c1ccc(OCc2ccc(C(=O)N/N=C\c3cccnc3)cc2)cc1. The molecule has 5 nitrogen and oxygen atoms in total. The summed E-state index contributed by atoms with van der Waals surface area (Å²) in [6.07, 6.45) is 4.90. The normalized spacial score (nSPS) is 11.4. The van der Waals surface area contributed by atoms with E-state index in [4.69, 9.17) is 4.74 Å². The van der Waals surface area contributed by atoms with E-state index in [0.717, 1.165) is 16.9 Å². The number of nitrogens with one attached hydrogen (secondary N) is 1. The fourth-order valence-corrected chi connectivity index (χ4v) is 2.65. The molecule has 1 aromatic heterocycles. The Morgan fingerprint density at radius 1 is 1.07 bits per heavy atom. The van der Waals surface area contributed by atoms with Gasteiger partial charge >= 0.3 is 0 Å². The number of carbonyl (C=O) groups excluding carboxylic acids is 1. The van der Waals surface area contributed by atoms with Crippen molar-refractivity contribution in [1.82, 2.24) is 10.4 Å². The average Bonchev–Trinajstić information content (AvgIpc) is 2.73. The van der Waals surface area contributed by atoms with Crippen molar-refractivity contribution in [3.63, 3.8) is 0 Å². The fourth-order valence-electron chi connectivity index (χ4n) is 2.65. The number of aromatic nitrogens is 1. The summed E-state index contributed by atoms with van der Waals surface area (Å²) in [5.41, 5.74) is 6.24. The molecule has 2 aromatic carbocycles. The summed E-state index contributed by atoms with van der Waals surface area (Å²) in [7, 11) is 0. The lowest BCUT2D eigenvalue weighted by atomic mass is 9.87. The Bertz CT molecular complexity index is 958. The van der Waals surface area contributed by atoms with Crippen LogP contribution in [0.4, 0.5) is 0 Å². The van der Waals surface area contributed by atoms with Crippen LogP contribution in [0.15, 0.2) is 78.2 Å². The largest absolute Gasteiger partial charge is 0.489 e. The first kappa shape index (κ1) is 20.3. The molecule has 0 unspecified atom stereocenters. The molecule has 0 atom stereocenters. The van der Waals surface area contributed by atoms with E-state index in [1.807, 2.05) is 36.4 Å². The Kier molecular flexibility index (Phi) is 6.39. The molecule has 0 saturated heterocycles. The van der Waals surface area contributed by atoms with Crippen LogP contribution < -0.4 is 10.2 Å². The van der Waals surface area contributed by atoms with E-state index in [9.17, 15) is 4.79 Å². The zero-order chi connectivity index (χ0) is 20.7. The summed E-state index contributed by atoms with van der Waals surface area (Å²) in [5, 5.41) is 3.95. The molecule has 5 heteroatoms. The highest BCUT2D eigenvalue weighted by molar-refractivity contribution is 5.94. The van der Waals surface area contributed by atoms with Crippen LogP contribution in [0.2, 0.25) is 0 Å². The monoisotopic (exact) mass is 387 g/mol. The van der Waals surface area contributed by atoms with E-state index < -0.39 is 0 Å². The standard InChI is InChI=1S/C24H25N3O2/c1-24(2,3)21-10-12-22(13-11-21)29-17-18-6-8-20(9-7-18)23(28)27-26-16-19-5-4-14-25-15-19/h4-16H,17H2,1-3H3,(H,27,28)/b26-16-. The van der Waals surface area contributed by atoms with Gasteiger partial charge in [0.25, 0.3) is 5.91 Å². The zero-order valence-electron chi connectivity index (χ0n) is 16.9. The van der Waals surface area contributed by atoms with Crippen LogP contribution in [0.5, 0.6) is 5.75 Å². The molecule has 0 fully saturated rings. The lowest BCUT2D eigenvalue weighted by Gasteiger charge is -2.19. The van der Waals surface area contributed by atoms with Gasteiger partial charge in [0.15, 0.2) is 0 Å². The van der Waals surface area contributed by atoms with Crippen LogP contribution in [0.25, 0.3) is 0 Å². The van der Waals surface area contributed by atoms with Gasteiger partial charge in [0.05, 0.1) is 6.21 Å². The maximum absolute atomic E-state index is 12.2. The lowest BCUT2D eigenvalue weighted by Crippen LogP contribution is -2.17. The van der Waals surface area contributed by atoms with E-state index in [1.165, 1.54) is 5.56 Å². The highest BCUT2D eigenvalue weighted by Crippen LogP contribution is 2.24. The predicted molar refractivity (Wildman–Crippen MR) is 115 cm³/mol. The predicted octanol–water partition coefficient (Wildman–Crippen LogP) is 4.72. The van der Waals surface area contributed by atoms with Gasteiger partial charge in [-0.05, 0) is 46.9 Å². The summed E-state index contributed by atoms with van der Waals surface area (Å²) in [6.45, 7) is 7.00. The third-order valence-corrected chi connectivity index (χ3v) is 4.41. The molecule has 148 valence electrons. The van der Waals surface area contributed by atoms with E-state index in [1.54, 1.807) is 30.7 Å². The second-order valence-electron chi connectivity index (χ2n) is 7.75. The minimum Gasteiger partial charge on any atom is -0.489 e. The summed E-state index contributed by atoms with van der Waals surface area (Å²) < 4.78 is 5.84. The molecule has 0 spiro atoms. The molecule has 0 aliphatic carbocycles. The van der Waals surface area contributed by atoms with Crippen LogP contribution in [0.1, 0.15) is 47.8 Å². The average molecular weight is 387 g/mol. The Morgan fingerprint density at radius 2 is 1.79 bits per heavy atom. The Hall–Kier alpha value is -3.47. The first-order valence-corrected chi connectivity index (χ1v) is 9.47. The molecule has 1 N–H and O–H groups in total. The van der Waals surface area contributed by atoms with Crippen molar-refractivity contribution < 1.29 is 9.53 Å². The van der Waals surface area contributed by atoms with Crippen LogP contribution in [0.3, 0.4) is 0 Å². The first-order valence-electron chi connectivity index (χ1n) is 9.47. The zero-order valence-corrected chi connectivity index (χ0v) is 16.9. The Morgan fingerprint density at radius 3 is 2.41 bits per heavy atom. The van der Waals surface area contributed by atoms with Gasteiger partial charge in [-0.2, -0.15) is 5.10 Å². The highest BCUT2D eigenvalue weighted by atomic mass is 16.5. The number of pyridine rings is 1. The number of carbonyl (C=O) groups is 1. The maximum Gasteiger partial charge on any atom is 0.271 e. The van der Waals surface area contributed by atoms with E-state index in [0.29, 0.717) is 12.2 Å². The van der Waals surface area contributed by atoms with Crippen LogP contribution >= 0.6 is 0 Å². The molecule has 1 heterocycles. The lowest BCUT2D eigenvalue weighted by molar-refractivity contribution is 0.0955. The van der Waals surface area contributed by atoms with E-state index >= 15 is 0 Å². The van der Waals surface area contributed by atoms with Crippen molar-refractivity contribution in [2.45, 2.75) is 32.8 Å². The molecular weight excluding hydrogens is 362 g/mol. The summed E-state index contributed by atoms with van der Waals surface area (Å²) >= 11 is 0. The Balaban J connectivity index is 1.52. The molecule has 0 aliphatic heterocycles. The van der Waals surface area contributed by atoms with Gasteiger partial charge in [0, 0.05) is 23.5 Å². The number of benzene rings is 2. The van der Waals surface area contributed by atoms with Crippen LogP contribution in [-0.4, -0.2) is 17.1 Å². The second-order valence-corrected chi connectivity index (χ2v) is 7.75. The van der Waals surface area contributed by atoms with Gasteiger partial charge in [-0.3, -0.25) is 9.78 Å². The molecule has 29 heavy (non-hydrogen) atoms. The van der Waals surface area contributed by atoms with Crippen molar-refractivity contribution >= 4 is 12.1 Å². The van der Waals surface area contributed by atoms with Crippen molar-refractivity contribution in [2.24, 2.45) is 5.10 Å². The summed E-state index contributed by atoms with van der Waals surface area (Å²) in [6, 6.07) is 19.1. The number of nitrogens with zero attached hydrogens (tertiary/aromatic N) is 2. The van der Waals surface area contributed by atoms with Crippen molar-refractivity contribution in [2.75, 3.05) is 0 Å². The number of hydrogen-bond acceptors (Lipinski definition) is 4. The number of ether oxygens (including phenoxy) is 1. The van der Waals surface area contributed by atoms with E-state index in [-0.39, 0.29) is 11.3 Å². The molecule has 3 rings (SSSR count). The topological polar surface area (TPSA) is 63.6 Å². The third kappa shape index (κ3) is 6.01. The van der Waals surface area contributed by atoms with Gasteiger partial charge in [0.1, 0.15) is 12.4 Å². The quantitative estimate of drug-likeness (QED) is 0.492. The van der Waals surface area contributed by atoms with Crippen LogP contribution in [-0.2, 0) is 12.0 Å². The number of hydrogen-bond donors (Lipinski definition) is 1. The van der Waals surface area contributed by atoms with Gasteiger partial charge in [-0.1, -0.05) is 51.1 Å². The number of hydrazone groups is 1. The van der Waals surface area contributed by atoms with Crippen molar-refractivity contribution in [3.05, 3.63) is 95.3 Å². The van der Waals surface area contributed by atoms with Gasteiger partial charge in [-0.25, -0.2) is 5.43 Å². The first-order chi connectivity index (χ1) is 13.9. The summed E-state index contributed by atoms with van der Waals surface area (Å²) in [5.74, 6) is 0.555. The Labute approximate surface area is 171 Å². The van der Waals surface area contributed by atoms with E-state index in [2.05, 4.69) is 48.4 Å². The smallest absolute Gasteiger partial charge is 0.271 e. The van der Waals surface area contributed by atoms with Crippen molar-refractivity contribution in [1.29, 1.82) is 0 Å². The molecular formula is C24H25N3O2. The maximum atomic E-state index is 12.2. The minimum absolute atomic E-state index is 0.122. The summed E-state index contributed by atoms with van der Waals surface area (Å²) in [4.78, 5) is 16.2. The third-order valence-electron chi connectivity index (χ3n) is 4.41. The van der Waals surface area contributed by atoms with Gasteiger partial charge in [-0.15, -0.1) is 0 Å². The molecule has 1 amide bonds.